The lowest BCUT2D eigenvalue weighted by atomic mass is 10.1. The molecular weight excluding hydrogens is 280 g/mol. The fraction of sp³-hybridized carbons (Fsp3) is 0.308. The minimum atomic E-state index is 0.659. The number of hydrogen-bond donors (Lipinski definition) is 1. The zero-order chi connectivity index (χ0) is 12.3. The maximum Gasteiger partial charge on any atom is 0.194 e. The number of hydrogen-bond acceptors (Lipinski definition) is 3. The Bertz CT molecular complexity index is 508. The van der Waals surface area contributed by atoms with E-state index in [1.165, 1.54) is 5.56 Å². The Labute approximate surface area is 109 Å². The van der Waals surface area contributed by atoms with Gasteiger partial charge in [0.1, 0.15) is 0 Å². The van der Waals surface area contributed by atoms with Gasteiger partial charge in [-0.3, -0.25) is 0 Å². The predicted molar refractivity (Wildman–Crippen MR) is 71.8 cm³/mol. The van der Waals surface area contributed by atoms with Gasteiger partial charge in [0.2, 0.25) is 0 Å². The smallest absolute Gasteiger partial charge is 0.194 e. The predicted octanol–water partition coefficient (Wildman–Crippen LogP) is 3.30. The van der Waals surface area contributed by atoms with Crippen molar-refractivity contribution in [3.8, 4) is 11.3 Å². The second-order valence-electron chi connectivity index (χ2n) is 3.99. The van der Waals surface area contributed by atoms with Crippen molar-refractivity contribution in [2.45, 2.75) is 19.8 Å². The van der Waals surface area contributed by atoms with Crippen molar-refractivity contribution in [1.29, 1.82) is 0 Å². The number of benzene rings is 1. The SMILES string of the molecule is Cc1ccc(Br)c(-c2cnc(CCCN)o2)c1. The zero-order valence-corrected chi connectivity index (χ0v) is 11.3. The molecule has 90 valence electrons. The zero-order valence-electron chi connectivity index (χ0n) is 9.74. The van der Waals surface area contributed by atoms with Crippen LogP contribution in [0.3, 0.4) is 0 Å². The fourth-order valence-electron chi connectivity index (χ4n) is 1.63. The minimum absolute atomic E-state index is 0.659. The number of aryl methyl sites for hydroxylation is 2. The number of rotatable bonds is 4. The summed E-state index contributed by atoms with van der Waals surface area (Å²) in [5.41, 5.74) is 7.70. The van der Waals surface area contributed by atoms with Gasteiger partial charge in [-0.15, -0.1) is 0 Å². The van der Waals surface area contributed by atoms with Crippen LogP contribution in [0.15, 0.2) is 33.3 Å². The number of halogens is 1. The van der Waals surface area contributed by atoms with Crippen molar-refractivity contribution in [3.63, 3.8) is 0 Å². The molecule has 0 unspecified atom stereocenters. The highest BCUT2D eigenvalue weighted by Gasteiger charge is 2.09. The van der Waals surface area contributed by atoms with E-state index >= 15 is 0 Å². The summed E-state index contributed by atoms with van der Waals surface area (Å²) in [5.74, 6) is 1.55. The van der Waals surface area contributed by atoms with E-state index in [2.05, 4.69) is 40.0 Å². The molecule has 0 spiro atoms. The molecule has 1 aromatic heterocycles. The summed E-state index contributed by atoms with van der Waals surface area (Å²) in [6.45, 7) is 2.72. The van der Waals surface area contributed by atoms with E-state index in [-0.39, 0.29) is 0 Å². The molecule has 0 amide bonds. The summed E-state index contributed by atoms with van der Waals surface area (Å²) in [7, 11) is 0. The van der Waals surface area contributed by atoms with Gasteiger partial charge in [-0.1, -0.05) is 27.6 Å². The van der Waals surface area contributed by atoms with Gasteiger partial charge in [-0.2, -0.15) is 0 Å². The average Bonchev–Trinajstić information content (AvgIpc) is 2.78. The quantitative estimate of drug-likeness (QED) is 0.941. The Morgan fingerprint density at radius 3 is 3.00 bits per heavy atom. The van der Waals surface area contributed by atoms with Crippen molar-refractivity contribution in [2.75, 3.05) is 6.54 Å². The molecule has 17 heavy (non-hydrogen) atoms. The van der Waals surface area contributed by atoms with Gasteiger partial charge in [-0.05, 0) is 32.0 Å². The highest BCUT2D eigenvalue weighted by Crippen LogP contribution is 2.29. The second kappa shape index (κ2) is 5.47. The van der Waals surface area contributed by atoms with E-state index in [4.69, 9.17) is 10.2 Å². The summed E-state index contributed by atoms with van der Waals surface area (Å²) in [6, 6.07) is 6.16. The number of nitrogens with two attached hydrogens (primary N) is 1. The molecule has 4 heteroatoms. The molecule has 0 fully saturated rings. The van der Waals surface area contributed by atoms with Crippen molar-refractivity contribution in [2.24, 2.45) is 5.73 Å². The highest BCUT2D eigenvalue weighted by molar-refractivity contribution is 9.10. The highest BCUT2D eigenvalue weighted by atomic mass is 79.9. The Kier molecular flexibility index (Phi) is 3.97. The van der Waals surface area contributed by atoms with Crippen LogP contribution in [0.2, 0.25) is 0 Å². The summed E-state index contributed by atoms with van der Waals surface area (Å²) in [5, 5.41) is 0. The van der Waals surface area contributed by atoms with Crippen LogP contribution < -0.4 is 5.73 Å². The first-order valence-corrected chi connectivity index (χ1v) is 6.41. The molecule has 2 N–H and O–H groups in total. The monoisotopic (exact) mass is 294 g/mol. The van der Waals surface area contributed by atoms with Gasteiger partial charge in [0.25, 0.3) is 0 Å². The van der Waals surface area contributed by atoms with Crippen LogP contribution in [0.1, 0.15) is 17.9 Å². The van der Waals surface area contributed by atoms with Crippen LogP contribution in [0, 0.1) is 6.92 Å². The lowest BCUT2D eigenvalue weighted by Crippen LogP contribution is -2.00. The van der Waals surface area contributed by atoms with E-state index in [1.807, 2.05) is 6.07 Å². The van der Waals surface area contributed by atoms with Crippen molar-refractivity contribution in [3.05, 3.63) is 40.3 Å². The molecule has 2 rings (SSSR count). The summed E-state index contributed by atoms with van der Waals surface area (Å²) < 4.78 is 6.73. The van der Waals surface area contributed by atoms with Crippen LogP contribution in [0.4, 0.5) is 0 Å². The normalized spacial score (nSPS) is 10.8. The Morgan fingerprint density at radius 1 is 1.41 bits per heavy atom. The Morgan fingerprint density at radius 2 is 2.24 bits per heavy atom. The van der Waals surface area contributed by atoms with E-state index in [9.17, 15) is 0 Å². The van der Waals surface area contributed by atoms with Crippen LogP contribution in [0.25, 0.3) is 11.3 Å². The number of oxazole rings is 1. The summed E-state index contributed by atoms with van der Waals surface area (Å²) >= 11 is 3.52. The van der Waals surface area contributed by atoms with Crippen molar-refractivity contribution in [1.82, 2.24) is 4.98 Å². The number of nitrogens with zero attached hydrogens (tertiary/aromatic N) is 1. The number of aromatic nitrogens is 1. The van der Waals surface area contributed by atoms with Crippen molar-refractivity contribution < 1.29 is 4.42 Å². The molecule has 0 saturated heterocycles. The minimum Gasteiger partial charge on any atom is -0.441 e. The van der Waals surface area contributed by atoms with Crippen LogP contribution in [0.5, 0.6) is 0 Å². The van der Waals surface area contributed by atoms with E-state index < -0.39 is 0 Å². The third-order valence-corrected chi connectivity index (χ3v) is 3.23. The molecule has 0 aliphatic heterocycles. The summed E-state index contributed by atoms with van der Waals surface area (Å²) in [4.78, 5) is 4.26. The fourth-order valence-corrected chi connectivity index (χ4v) is 2.07. The van der Waals surface area contributed by atoms with E-state index in [1.54, 1.807) is 6.20 Å². The first-order valence-electron chi connectivity index (χ1n) is 5.62. The summed E-state index contributed by atoms with van der Waals surface area (Å²) in [6.07, 6.45) is 3.46. The third kappa shape index (κ3) is 2.96. The third-order valence-electron chi connectivity index (χ3n) is 2.54. The molecule has 2 aromatic rings. The van der Waals surface area contributed by atoms with Crippen LogP contribution in [-0.2, 0) is 6.42 Å². The first-order chi connectivity index (χ1) is 8.20. The van der Waals surface area contributed by atoms with Gasteiger partial charge in [0.15, 0.2) is 11.7 Å². The van der Waals surface area contributed by atoms with E-state index in [0.717, 1.165) is 34.5 Å². The molecule has 0 atom stereocenters. The molecule has 0 bridgehead atoms. The standard InChI is InChI=1S/C13H15BrN2O/c1-9-4-5-11(14)10(7-9)12-8-16-13(17-12)3-2-6-15/h4-5,7-8H,2-3,6,15H2,1H3. The second-order valence-corrected chi connectivity index (χ2v) is 4.85. The molecular formula is C13H15BrN2O. The van der Waals surface area contributed by atoms with Gasteiger partial charge in [-0.25, -0.2) is 4.98 Å². The van der Waals surface area contributed by atoms with Gasteiger partial charge in [0.05, 0.1) is 6.20 Å². The maximum atomic E-state index is 5.71. The lowest BCUT2D eigenvalue weighted by molar-refractivity contribution is 0.499. The van der Waals surface area contributed by atoms with E-state index in [0.29, 0.717) is 6.54 Å². The lowest BCUT2D eigenvalue weighted by Gasteiger charge is -2.01. The first kappa shape index (κ1) is 12.3. The van der Waals surface area contributed by atoms with Gasteiger partial charge in [0, 0.05) is 16.5 Å². The Balaban J connectivity index is 2.27. The van der Waals surface area contributed by atoms with Gasteiger partial charge < -0.3 is 10.2 Å². The Hall–Kier alpha value is -1.13. The average molecular weight is 295 g/mol. The van der Waals surface area contributed by atoms with Crippen molar-refractivity contribution >= 4 is 15.9 Å². The van der Waals surface area contributed by atoms with Crippen LogP contribution >= 0.6 is 15.9 Å². The topological polar surface area (TPSA) is 52.0 Å². The van der Waals surface area contributed by atoms with Gasteiger partial charge >= 0.3 is 0 Å². The maximum absolute atomic E-state index is 5.71. The van der Waals surface area contributed by atoms with Crippen LogP contribution in [-0.4, -0.2) is 11.5 Å². The molecule has 0 saturated carbocycles. The molecule has 0 aliphatic carbocycles. The molecule has 0 radical (unpaired) electrons. The molecule has 0 aliphatic rings. The molecule has 1 heterocycles. The largest absolute Gasteiger partial charge is 0.441 e. The molecule has 3 nitrogen and oxygen atoms in total. The molecule has 1 aromatic carbocycles.